The van der Waals surface area contributed by atoms with Crippen LogP contribution in [0.3, 0.4) is 0 Å². The molecular weight excluding hydrogens is 424 g/mol. The summed E-state index contributed by atoms with van der Waals surface area (Å²) < 4.78 is 7.25. The van der Waals surface area contributed by atoms with Gasteiger partial charge in [0.25, 0.3) is 0 Å². The van der Waals surface area contributed by atoms with Crippen LogP contribution in [0, 0.1) is 0 Å². The minimum atomic E-state index is -1.29. The smallest absolute Gasteiger partial charge is 0.207 e. The van der Waals surface area contributed by atoms with Crippen LogP contribution >= 0.6 is 0 Å². The minimum absolute atomic E-state index is 0.181. The molecule has 33 heavy (non-hydrogen) atoms. The maximum Gasteiger partial charge on any atom is 0.207 e. The van der Waals surface area contributed by atoms with E-state index in [0.29, 0.717) is 23.7 Å². The highest BCUT2D eigenvalue weighted by atomic mass is 16.6. The van der Waals surface area contributed by atoms with E-state index in [9.17, 15) is 15.3 Å². The summed E-state index contributed by atoms with van der Waals surface area (Å²) in [5.41, 5.74) is 9.93. The van der Waals surface area contributed by atoms with Gasteiger partial charge in [0.1, 0.15) is 24.6 Å². The van der Waals surface area contributed by atoms with Crippen LogP contribution < -0.4 is 11.1 Å². The third kappa shape index (κ3) is 3.89. The Balaban J connectivity index is 1.44. The lowest BCUT2D eigenvalue weighted by atomic mass is 10.0. The molecule has 3 heterocycles. The van der Waals surface area contributed by atoms with Gasteiger partial charge < -0.3 is 31.1 Å². The summed E-state index contributed by atoms with van der Waals surface area (Å²) in [5.74, 6) is 0.528. The van der Waals surface area contributed by atoms with Gasteiger partial charge in [-0.3, -0.25) is 4.57 Å². The van der Waals surface area contributed by atoms with E-state index in [-0.39, 0.29) is 5.82 Å². The van der Waals surface area contributed by atoms with E-state index in [2.05, 4.69) is 32.4 Å². The molecule has 0 bridgehead atoms. The van der Waals surface area contributed by atoms with Crippen LogP contribution in [0.4, 0.5) is 11.8 Å². The lowest BCUT2D eigenvalue weighted by molar-refractivity contribution is -0.0501. The molecule has 10 nitrogen and oxygen atoms in total. The Labute approximate surface area is 189 Å². The van der Waals surface area contributed by atoms with Gasteiger partial charge in [0.05, 0.1) is 6.61 Å². The quantitative estimate of drug-likeness (QED) is 0.294. The lowest BCUT2D eigenvalue weighted by Gasteiger charge is -2.19. The maximum absolute atomic E-state index is 10.6. The fourth-order valence-corrected chi connectivity index (χ4v) is 4.01. The molecule has 6 N–H and O–H groups in total. The van der Waals surface area contributed by atoms with Gasteiger partial charge in [-0.1, -0.05) is 54.6 Å². The first-order valence-electron chi connectivity index (χ1n) is 10.6. The highest BCUT2D eigenvalue weighted by Crippen LogP contribution is 2.35. The van der Waals surface area contributed by atoms with Crippen molar-refractivity contribution < 1.29 is 20.1 Å². The zero-order chi connectivity index (χ0) is 22.9. The third-order valence-electron chi connectivity index (χ3n) is 5.79. The SMILES string of the molecule is Nc1ncnc2c1nc(NCc1ccc(-c3ccccc3)cc1)n2C1OC(CO)C(O)C1O. The van der Waals surface area contributed by atoms with Gasteiger partial charge in [-0.15, -0.1) is 0 Å². The van der Waals surface area contributed by atoms with E-state index in [0.717, 1.165) is 16.7 Å². The van der Waals surface area contributed by atoms with E-state index in [1.54, 1.807) is 0 Å². The maximum atomic E-state index is 10.6. The molecule has 4 unspecified atom stereocenters. The Morgan fingerprint density at radius 1 is 0.970 bits per heavy atom. The Bertz CT molecular complexity index is 1250. The van der Waals surface area contributed by atoms with E-state index in [4.69, 9.17) is 10.5 Å². The Morgan fingerprint density at radius 3 is 2.39 bits per heavy atom. The standard InChI is InChI=1S/C23H24N6O4/c24-20-17-21(27-12-26-20)29(22-19(32)18(31)16(11-30)33-22)23(28-17)25-10-13-6-8-15(9-7-13)14-4-2-1-3-5-14/h1-9,12,16,18-19,22,30-32H,10-11H2,(H,25,28)(H2,24,26,27). The second-order valence-corrected chi connectivity index (χ2v) is 7.88. The van der Waals surface area contributed by atoms with Crippen molar-refractivity contribution in [3.05, 3.63) is 66.5 Å². The molecule has 2 aromatic heterocycles. The highest BCUT2D eigenvalue weighted by molar-refractivity contribution is 5.84. The van der Waals surface area contributed by atoms with E-state index in [1.165, 1.54) is 10.9 Å². The number of ether oxygens (including phenoxy) is 1. The predicted molar refractivity (Wildman–Crippen MR) is 122 cm³/mol. The van der Waals surface area contributed by atoms with Gasteiger partial charge >= 0.3 is 0 Å². The number of hydrogen-bond acceptors (Lipinski definition) is 9. The number of hydrogen-bond donors (Lipinski definition) is 5. The molecule has 0 saturated carbocycles. The summed E-state index contributed by atoms with van der Waals surface area (Å²) in [6.45, 7) is -0.00444. The second-order valence-electron chi connectivity index (χ2n) is 7.88. The number of nitrogens with one attached hydrogen (secondary N) is 1. The summed E-state index contributed by atoms with van der Waals surface area (Å²) >= 11 is 0. The van der Waals surface area contributed by atoms with Crippen molar-refractivity contribution in [2.24, 2.45) is 0 Å². The number of nitrogen functional groups attached to an aromatic ring is 1. The predicted octanol–water partition coefficient (Wildman–Crippen LogP) is 1.30. The Hall–Kier alpha value is -3.57. The number of aliphatic hydroxyl groups is 3. The van der Waals surface area contributed by atoms with Crippen LogP contribution in [0.2, 0.25) is 0 Å². The number of benzene rings is 2. The number of fused-ring (bicyclic) bond motifs is 1. The third-order valence-corrected chi connectivity index (χ3v) is 5.79. The van der Waals surface area contributed by atoms with Crippen molar-refractivity contribution in [1.82, 2.24) is 19.5 Å². The topological polar surface area (TPSA) is 152 Å². The molecule has 0 amide bonds. The van der Waals surface area contributed by atoms with Gasteiger partial charge in [0.15, 0.2) is 23.2 Å². The van der Waals surface area contributed by atoms with Crippen molar-refractivity contribution in [1.29, 1.82) is 0 Å². The molecule has 1 fully saturated rings. The minimum Gasteiger partial charge on any atom is -0.394 e. The molecule has 5 rings (SSSR count). The zero-order valence-electron chi connectivity index (χ0n) is 17.6. The first-order valence-corrected chi connectivity index (χ1v) is 10.6. The van der Waals surface area contributed by atoms with Gasteiger partial charge in [-0.2, -0.15) is 0 Å². The van der Waals surface area contributed by atoms with Crippen LogP contribution in [-0.4, -0.2) is 59.8 Å². The molecule has 0 radical (unpaired) electrons. The summed E-state index contributed by atoms with van der Waals surface area (Å²) in [4.78, 5) is 12.7. The van der Waals surface area contributed by atoms with Crippen LogP contribution in [0.1, 0.15) is 11.8 Å². The first kappa shape index (κ1) is 21.3. The first-order chi connectivity index (χ1) is 16.1. The molecule has 0 aliphatic carbocycles. The normalized spacial score (nSPS) is 22.6. The van der Waals surface area contributed by atoms with Gasteiger partial charge in [-0.05, 0) is 16.7 Å². The second kappa shape index (κ2) is 8.75. The largest absolute Gasteiger partial charge is 0.394 e. The highest BCUT2D eigenvalue weighted by Gasteiger charge is 2.45. The van der Waals surface area contributed by atoms with Crippen molar-refractivity contribution in [3.8, 4) is 11.1 Å². The Kier molecular flexibility index (Phi) is 5.65. The fraction of sp³-hybridized carbons (Fsp3) is 0.261. The molecule has 4 aromatic rings. The molecule has 170 valence electrons. The van der Waals surface area contributed by atoms with Crippen LogP contribution in [0.5, 0.6) is 0 Å². The molecular formula is C23H24N6O4. The number of anilines is 2. The van der Waals surface area contributed by atoms with Gasteiger partial charge in [-0.25, -0.2) is 15.0 Å². The van der Waals surface area contributed by atoms with Gasteiger partial charge in [0, 0.05) is 6.54 Å². The van der Waals surface area contributed by atoms with Crippen LogP contribution in [-0.2, 0) is 11.3 Å². The fourth-order valence-electron chi connectivity index (χ4n) is 4.01. The number of nitrogens with zero attached hydrogens (tertiary/aromatic N) is 4. The Morgan fingerprint density at radius 2 is 1.70 bits per heavy atom. The van der Waals surface area contributed by atoms with Gasteiger partial charge in [0.2, 0.25) is 5.95 Å². The average Bonchev–Trinajstić information content (AvgIpc) is 3.36. The molecule has 10 heteroatoms. The summed E-state index contributed by atoms with van der Waals surface area (Å²) in [6.07, 6.45) is -3.20. The number of nitrogens with two attached hydrogens (primary N) is 1. The summed E-state index contributed by atoms with van der Waals surface area (Å²) in [5, 5.41) is 33.5. The molecule has 0 spiro atoms. The molecule has 1 aliphatic rings. The summed E-state index contributed by atoms with van der Waals surface area (Å²) in [7, 11) is 0. The van der Waals surface area contributed by atoms with E-state index in [1.807, 2.05) is 42.5 Å². The van der Waals surface area contributed by atoms with Crippen molar-refractivity contribution >= 4 is 22.9 Å². The zero-order valence-corrected chi connectivity index (χ0v) is 17.6. The molecule has 1 saturated heterocycles. The van der Waals surface area contributed by atoms with E-state index < -0.39 is 31.1 Å². The monoisotopic (exact) mass is 448 g/mol. The van der Waals surface area contributed by atoms with Crippen molar-refractivity contribution in [2.75, 3.05) is 17.7 Å². The number of rotatable bonds is 6. The lowest BCUT2D eigenvalue weighted by Crippen LogP contribution is -2.33. The average molecular weight is 448 g/mol. The van der Waals surface area contributed by atoms with Crippen LogP contribution in [0.15, 0.2) is 60.9 Å². The van der Waals surface area contributed by atoms with Crippen LogP contribution in [0.25, 0.3) is 22.3 Å². The number of imidazole rings is 1. The van der Waals surface area contributed by atoms with Crippen molar-refractivity contribution in [3.63, 3.8) is 0 Å². The van der Waals surface area contributed by atoms with Crippen molar-refractivity contribution in [2.45, 2.75) is 31.1 Å². The number of aromatic nitrogens is 4. The molecule has 4 atom stereocenters. The summed E-state index contributed by atoms with van der Waals surface area (Å²) in [6, 6.07) is 18.2. The molecule has 1 aliphatic heterocycles. The van der Waals surface area contributed by atoms with E-state index >= 15 is 0 Å². The molecule has 2 aromatic carbocycles. The number of aliphatic hydroxyl groups excluding tert-OH is 3.